The maximum absolute atomic E-state index is 12.9. The van der Waals surface area contributed by atoms with Gasteiger partial charge in [-0.3, -0.25) is 11.3 Å². The van der Waals surface area contributed by atoms with E-state index in [1.807, 2.05) is 0 Å². The lowest BCUT2D eigenvalue weighted by molar-refractivity contribution is -0.122. The van der Waals surface area contributed by atoms with E-state index in [-0.39, 0.29) is 11.9 Å². The normalized spacial score (nSPS) is 13.1. The van der Waals surface area contributed by atoms with E-state index in [1.54, 1.807) is 6.07 Å². The third-order valence-electron chi connectivity index (χ3n) is 2.46. The van der Waals surface area contributed by atoms with Crippen LogP contribution in [-0.4, -0.2) is 26.6 Å². The number of hydrazine groups is 1. The second kappa shape index (κ2) is 7.03. The Hall–Kier alpha value is -0.530. The second-order valence-electron chi connectivity index (χ2n) is 3.55. The molecule has 0 saturated carbocycles. The van der Waals surface area contributed by atoms with Gasteiger partial charge in [0.1, 0.15) is 5.82 Å². The fraction of sp³-hybridized carbons (Fsp3) is 0.455. The lowest BCUT2D eigenvalue weighted by atomic mass is 10.1. The summed E-state index contributed by atoms with van der Waals surface area (Å²) >= 11 is 3.31. The Kier molecular flexibility index (Phi) is 6.01. The first kappa shape index (κ1) is 14.5. The van der Waals surface area contributed by atoms with Crippen molar-refractivity contribution in [2.24, 2.45) is 5.84 Å². The van der Waals surface area contributed by atoms with E-state index in [9.17, 15) is 4.39 Å². The summed E-state index contributed by atoms with van der Waals surface area (Å²) in [6.45, 7) is 0. The molecule has 0 amide bonds. The lowest BCUT2D eigenvalue weighted by Crippen LogP contribution is -2.47. The highest BCUT2D eigenvalue weighted by Gasteiger charge is 2.20. The van der Waals surface area contributed by atoms with Crippen LogP contribution in [0.25, 0.3) is 0 Å². The van der Waals surface area contributed by atoms with Crippen LogP contribution < -0.4 is 11.3 Å². The van der Waals surface area contributed by atoms with Crippen LogP contribution in [-0.2, 0) is 15.9 Å². The van der Waals surface area contributed by atoms with Gasteiger partial charge in [0, 0.05) is 18.7 Å². The molecule has 1 aromatic rings. The van der Waals surface area contributed by atoms with Crippen molar-refractivity contribution in [3.8, 4) is 0 Å². The van der Waals surface area contributed by atoms with Crippen LogP contribution in [0.5, 0.6) is 0 Å². The number of halogens is 2. The minimum atomic E-state index is -0.461. The Bertz CT molecular complexity index is 361. The van der Waals surface area contributed by atoms with Crippen LogP contribution in [0.3, 0.4) is 0 Å². The summed E-state index contributed by atoms with van der Waals surface area (Å²) in [6.07, 6.45) is 0.0981. The minimum absolute atomic E-state index is 0.216. The summed E-state index contributed by atoms with van der Waals surface area (Å²) in [7, 11) is 3.08. The molecule has 0 fully saturated rings. The van der Waals surface area contributed by atoms with E-state index >= 15 is 0 Å². The molecular weight excluding hydrogens is 291 g/mol. The largest absolute Gasteiger partial charge is 0.354 e. The molecule has 1 atom stereocenters. The number of hydrogen-bond donors (Lipinski definition) is 2. The summed E-state index contributed by atoms with van der Waals surface area (Å²) < 4.78 is 23.9. The van der Waals surface area contributed by atoms with Gasteiger partial charge >= 0.3 is 0 Å². The fourth-order valence-electron chi connectivity index (χ4n) is 1.58. The molecule has 1 rings (SSSR count). The zero-order chi connectivity index (χ0) is 12.8. The van der Waals surface area contributed by atoms with Crippen molar-refractivity contribution in [1.82, 2.24) is 5.43 Å². The average Bonchev–Trinajstić information content (AvgIpc) is 2.32. The molecule has 0 radical (unpaired) electrons. The predicted molar refractivity (Wildman–Crippen MR) is 66.7 cm³/mol. The zero-order valence-electron chi connectivity index (χ0n) is 9.74. The molecule has 0 saturated heterocycles. The molecule has 17 heavy (non-hydrogen) atoms. The van der Waals surface area contributed by atoms with Gasteiger partial charge in [0.2, 0.25) is 0 Å². The van der Waals surface area contributed by atoms with E-state index in [4.69, 9.17) is 15.3 Å². The maximum Gasteiger partial charge on any atom is 0.173 e. The predicted octanol–water partition coefficient (Wildman–Crippen LogP) is 1.58. The van der Waals surface area contributed by atoms with Gasteiger partial charge in [-0.05, 0) is 24.1 Å². The van der Waals surface area contributed by atoms with Gasteiger partial charge in [-0.1, -0.05) is 22.0 Å². The van der Waals surface area contributed by atoms with Crippen LogP contribution in [0.15, 0.2) is 22.7 Å². The quantitative estimate of drug-likeness (QED) is 0.476. The SMILES string of the molecule is COC(OC)C(Cc1ccc(F)cc1Br)NN. The Labute approximate surface area is 108 Å². The molecule has 1 unspecified atom stereocenters. The van der Waals surface area contributed by atoms with Gasteiger partial charge in [-0.15, -0.1) is 0 Å². The minimum Gasteiger partial charge on any atom is -0.354 e. The molecule has 0 aliphatic rings. The molecule has 0 aromatic heterocycles. The number of hydrogen-bond acceptors (Lipinski definition) is 4. The van der Waals surface area contributed by atoms with Crippen molar-refractivity contribution in [3.05, 3.63) is 34.1 Å². The molecule has 4 nitrogen and oxygen atoms in total. The third kappa shape index (κ3) is 4.01. The topological polar surface area (TPSA) is 56.5 Å². The Morgan fingerprint density at radius 1 is 1.41 bits per heavy atom. The van der Waals surface area contributed by atoms with Gasteiger partial charge in [0.05, 0.1) is 6.04 Å². The van der Waals surface area contributed by atoms with Gasteiger partial charge < -0.3 is 9.47 Å². The highest BCUT2D eigenvalue weighted by molar-refractivity contribution is 9.10. The van der Waals surface area contributed by atoms with Crippen molar-refractivity contribution in [2.75, 3.05) is 14.2 Å². The molecule has 1 aromatic carbocycles. The summed E-state index contributed by atoms with van der Waals surface area (Å²) in [6, 6.07) is 4.30. The molecule has 3 N–H and O–H groups in total. The molecule has 0 aliphatic heterocycles. The standard InChI is InChI=1S/C11H16BrFN2O2/c1-16-11(17-2)10(15-14)5-7-3-4-8(13)6-9(7)12/h3-4,6,10-11,15H,5,14H2,1-2H3. The maximum atomic E-state index is 12.9. The second-order valence-corrected chi connectivity index (χ2v) is 4.41. The van der Waals surface area contributed by atoms with Crippen LogP contribution in [0.4, 0.5) is 4.39 Å². The number of nitrogens with one attached hydrogen (secondary N) is 1. The van der Waals surface area contributed by atoms with E-state index in [1.165, 1.54) is 26.4 Å². The summed E-state index contributed by atoms with van der Waals surface area (Å²) in [5.41, 5.74) is 3.55. The zero-order valence-corrected chi connectivity index (χ0v) is 11.3. The van der Waals surface area contributed by atoms with Crippen molar-refractivity contribution in [3.63, 3.8) is 0 Å². The van der Waals surface area contributed by atoms with Gasteiger partial charge in [0.25, 0.3) is 0 Å². The highest BCUT2D eigenvalue weighted by Crippen LogP contribution is 2.20. The van der Waals surface area contributed by atoms with E-state index in [2.05, 4.69) is 21.4 Å². The Balaban J connectivity index is 2.80. The lowest BCUT2D eigenvalue weighted by Gasteiger charge is -2.24. The van der Waals surface area contributed by atoms with Crippen molar-refractivity contribution in [2.45, 2.75) is 18.8 Å². The number of rotatable bonds is 6. The Morgan fingerprint density at radius 3 is 2.53 bits per heavy atom. The van der Waals surface area contributed by atoms with Gasteiger partial charge in [0.15, 0.2) is 6.29 Å². The molecule has 0 spiro atoms. The smallest absolute Gasteiger partial charge is 0.173 e. The first-order valence-corrected chi connectivity index (χ1v) is 5.87. The summed E-state index contributed by atoms with van der Waals surface area (Å²) in [5, 5.41) is 0. The molecule has 0 bridgehead atoms. The van der Waals surface area contributed by atoms with E-state index in [0.717, 1.165) is 5.56 Å². The summed E-state index contributed by atoms with van der Waals surface area (Å²) in [4.78, 5) is 0. The average molecular weight is 307 g/mol. The number of ether oxygens (including phenoxy) is 2. The van der Waals surface area contributed by atoms with Crippen LogP contribution >= 0.6 is 15.9 Å². The van der Waals surface area contributed by atoms with Gasteiger partial charge in [-0.25, -0.2) is 4.39 Å². The number of benzene rings is 1. The third-order valence-corrected chi connectivity index (χ3v) is 3.20. The molecule has 96 valence electrons. The fourth-order valence-corrected chi connectivity index (χ4v) is 2.10. The Morgan fingerprint density at radius 2 is 2.06 bits per heavy atom. The first-order chi connectivity index (χ1) is 8.12. The van der Waals surface area contributed by atoms with Crippen molar-refractivity contribution in [1.29, 1.82) is 0 Å². The molecular formula is C11H16BrFN2O2. The van der Waals surface area contributed by atoms with Crippen LogP contribution in [0.2, 0.25) is 0 Å². The molecule has 6 heteroatoms. The van der Waals surface area contributed by atoms with E-state index in [0.29, 0.717) is 10.9 Å². The number of methoxy groups -OCH3 is 2. The van der Waals surface area contributed by atoms with Gasteiger partial charge in [-0.2, -0.15) is 0 Å². The van der Waals surface area contributed by atoms with Crippen LogP contribution in [0, 0.1) is 5.82 Å². The summed E-state index contributed by atoms with van der Waals surface area (Å²) in [5.74, 6) is 5.17. The van der Waals surface area contributed by atoms with Crippen molar-refractivity contribution >= 4 is 15.9 Å². The highest BCUT2D eigenvalue weighted by atomic mass is 79.9. The van der Waals surface area contributed by atoms with Crippen LogP contribution in [0.1, 0.15) is 5.56 Å². The van der Waals surface area contributed by atoms with E-state index < -0.39 is 6.29 Å². The number of nitrogens with two attached hydrogens (primary N) is 1. The molecule has 0 heterocycles. The first-order valence-electron chi connectivity index (χ1n) is 5.08. The monoisotopic (exact) mass is 306 g/mol. The molecule has 0 aliphatic carbocycles. The van der Waals surface area contributed by atoms with Crippen molar-refractivity contribution < 1.29 is 13.9 Å².